The minimum absolute atomic E-state index is 0.0655. The van der Waals surface area contributed by atoms with Gasteiger partial charge in [-0.1, -0.05) is 30.3 Å². The first-order valence-corrected chi connectivity index (χ1v) is 9.11. The molecule has 0 aliphatic rings. The third-order valence-corrected chi connectivity index (χ3v) is 5.11. The maximum Gasteiger partial charge on any atom is 0.330 e. The molecule has 1 unspecified atom stereocenters. The van der Waals surface area contributed by atoms with Gasteiger partial charge in [-0.05, 0) is 19.7 Å². The summed E-state index contributed by atoms with van der Waals surface area (Å²) in [5.41, 5.74) is 1.82. The smallest absolute Gasteiger partial charge is 0.330 e. The number of rotatable bonds is 5. The average Bonchev–Trinajstić information content (AvgIpc) is 3.03. The zero-order chi connectivity index (χ0) is 19.0. The lowest BCUT2D eigenvalue weighted by Crippen LogP contribution is -2.36. The molecule has 6 nitrogen and oxygen atoms in total. The number of fused-ring (bicyclic) bond motifs is 1. The van der Waals surface area contributed by atoms with Crippen molar-refractivity contribution < 1.29 is 0 Å². The SMILES string of the molecule is CN(C)CC(CS)n1cc2c(c1-c1ccccc1)c(=O)n(C)c(=O)n2C. The minimum atomic E-state index is -0.325. The molecular formula is C19H24N4O2S. The first kappa shape index (κ1) is 18.5. The van der Waals surface area contributed by atoms with Gasteiger partial charge in [0.15, 0.2) is 0 Å². The molecule has 138 valence electrons. The van der Waals surface area contributed by atoms with Crippen molar-refractivity contribution in [2.24, 2.45) is 14.1 Å². The van der Waals surface area contributed by atoms with Crippen LogP contribution in [-0.4, -0.2) is 45.0 Å². The molecule has 0 fully saturated rings. The minimum Gasteiger partial charge on any atom is -0.339 e. The molecule has 0 bridgehead atoms. The van der Waals surface area contributed by atoms with E-state index >= 15 is 0 Å². The number of thiol groups is 1. The highest BCUT2D eigenvalue weighted by Crippen LogP contribution is 2.31. The van der Waals surface area contributed by atoms with Crippen molar-refractivity contribution in [3.05, 3.63) is 57.4 Å². The molecule has 0 aliphatic carbocycles. The molecule has 1 aromatic carbocycles. The highest BCUT2D eigenvalue weighted by molar-refractivity contribution is 7.80. The van der Waals surface area contributed by atoms with E-state index < -0.39 is 0 Å². The van der Waals surface area contributed by atoms with Gasteiger partial charge in [0.05, 0.1) is 22.6 Å². The Kier molecular flexibility index (Phi) is 5.11. The van der Waals surface area contributed by atoms with Crippen LogP contribution >= 0.6 is 12.6 Å². The number of nitrogens with zero attached hydrogens (tertiary/aromatic N) is 4. The maximum atomic E-state index is 12.9. The standard InChI is InChI=1S/C19H24N4O2S/c1-20(2)10-14(12-26)23-11-15-16(17(23)13-8-6-5-7-9-13)18(24)22(4)19(25)21(15)3/h5-9,11,14,26H,10,12H2,1-4H3. The highest BCUT2D eigenvalue weighted by atomic mass is 32.1. The summed E-state index contributed by atoms with van der Waals surface area (Å²) in [4.78, 5) is 27.4. The number of hydrogen-bond acceptors (Lipinski definition) is 4. The molecule has 2 heterocycles. The third kappa shape index (κ3) is 3.01. The van der Waals surface area contributed by atoms with Gasteiger partial charge in [-0.3, -0.25) is 13.9 Å². The Balaban J connectivity index is 2.45. The van der Waals surface area contributed by atoms with Crippen molar-refractivity contribution in [1.82, 2.24) is 18.6 Å². The van der Waals surface area contributed by atoms with E-state index in [1.165, 1.54) is 16.2 Å². The Morgan fingerprint density at radius 1 is 1.08 bits per heavy atom. The van der Waals surface area contributed by atoms with Crippen molar-refractivity contribution >= 4 is 23.5 Å². The molecule has 0 saturated heterocycles. The first-order chi connectivity index (χ1) is 12.4. The molecule has 3 rings (SSSR count). The molecule has 1 atom stereocenters. The van der Waals surface area contributed by atoms with Crippen molar-refractivity contribution in [2.45, 2.75) is 6.04 Å². The Bertz CT molecular complexity index is 1050. The quantitative estimate of drug-likeness (QED) is 0.694. The van der Waals surface area contributed by atoms with E-state index in [-0.39, 0.29) is 17.3 Å². The lowest BCUT2D eigenvalue weighted by Gasteiger charge is -2.23. The Labute approximate surface area is 157 Å². The number of hydrogen-bond donors (Lipinski definition) is 1. The largest absolute Gasteiger partial charge is 0.339 e. The van der Waals surface area contributed by atoms with E-state index in [0.29, 0.717) is 16.7 Å². The summed E-state index contributed by atoms with van der Waals surface area (Å²) < 4.78 is 4.79. The van der Waals surface area contributed by atoms with E-state index in [9.17, 15) is 9.59 Å². The molecular weight excluding hydrogens is 348 g/mol. The van der Waals surface area contributed by atoms with Crippen LogP contribution in [0.3, 0.4) is 0 Å². The Hall–Kier alpha value is -2.25. The fourth-order valence-corrected chi connectivity index (χ4v) is 3.68. The lowest BCUT2D eigenvalue weighted by molar-refractivity contribution is 0.342. The van der Waals surface area contributed by atoms with Crippen LogP contribution in [0.1, 0.15) is 6.04 Å². The van der Waals surface area contributed by atoms with Crippen LogP contribution in [0, 0.1) is 0 Å². The summed E-state index contributed by atoms with van der Waals surface area (Å²) >= 11 is 4.54. The lowest BCUT2D eigenvalue weighted by atomic mass is 10.1. The summed E-state index contributed by atoms with van der Waals surface area (Å²) in [5, 5.41) is 0.561. The van der Waals surface area contributed by atoms with Crippen LogP contribution < -0.4 is 11.2 Å². The van der Waals surface area contributed by atoms with Gasteiger partial charge in [0.25, 0.3) is 5.56 Å². The van der Waals surface area contributed by atoms with E-state index in [0.717, 1.165) is 17.8 Å². The molecule has 7 heteroatoms. The maximum absolute atomic E-state index is 12.9. The average molecular weight is 372 g/mol. The van der Waals surface area contributed by atoms with Crippen LogP contribution in [0.4, 0.5) is 0 Å². The van der Waals surface area contributed by atoms with Crippen LogP contribution in [-0.2, 0) is 14.1 Å². The highest BCUT2D eigenvalue weighted by Gasteiger charge is 2.23. The zero-order valence-corrected chi connectivity index (χ0v) is 16.4. The van der Waals surface area contributed by atoms with Gasteiger partial charge in [-0.15, -0.1) is 0 Å². The third-order valence-electron chi connectivity index (χ3n) is 4.69. The van der Waals surface area contributed by atoms with Crippen molar-refractivity contribution in [3.63, 3.8) is 0 Å². The topological polar surface area (TPSA) is 52.2 Å². The van der Waals surface area contributed by atoms with Crippen LogP contribution in [0.25, 0.3) is 22.2 Å². The number of benzene rings is 1. The van der Waals surface area contributed by atoms with Gasteiger partial charge >= 0.3 is 5.69 Å². The van der Waals surface area contributed by atoms with Crippen molar-refractivity contribution in [2.75, 3.05) is 26.4 Å². The molecule has 26 heavy (non-hydrogen) atoms. The fourth-order valence-electron chi connectivity index (χ4n) is 3.39. The summed E-state index contributed by atoms with van der Waals surface area (Å²) in [6, 6.07) is 9.89. The van der Waals surface area contributed by atoms with Crippen molar-refractivity contribution in [3.8, 4) is 11.3 Å². The number of aromatic nitrogens is 3. The monoisotopic (exact) mass is 372 g/mol. The molecule has 0 spiro atoms. The molecule has 2 aromatic heterocycles. The molecule has 0 amide bonds. The Morgan fingerprint density at radius 2 is 1.73 bits per heavy atom. The summed E-state index contributed by atoms with van der Waals surface area (Å²) in [7, 11) is 7.24. The van der Waals surface area contributed by atoms with Gasteiger partial charge in [0.1, 0.15) is 0 Å². The van der Waals surface area contributed by atoms with Gasteiger partial charge < -0.3 is 9.47 Å². The van der Waals surface area contributed by atoms with E-state index in [4.69, 9.17) is 0 Å². The molecule has 0 N–H and O–H groups in total. The predicted octanol–water partition coefficient (Wildman–Crippen LogP) is 1.74. The zero-order valence-electron chi connectivity index (χ0n) is 15.5. The van der Waals surface area contributed by atoms with Crippen LogP contribution in [0.5, 0.6) is 0 Å². The van der Waals surface area contributed by atoms with Crippen LogP contribution in [0.15, 0.2) is 46.1 Å². The van der Waals surface area contributed by atoms with Crippen molar-refractivity contribution in [1.29, 1.82) is 0 Å². The normalized spacial score (nSPS) is 12.8. The summed E-state index contributed by atoms with van der Waals surface area (Å²) in [5.74, 6) is 0.618. The van der Waals surface area contributed by atoms with Gasteiger partial charge in [0, 0.05) is 32.6 Å². The molecule has 0 aliphatic heterocycles. The van der Waals surface area contributed by atoms with Gasteiger partial charge in [-0.25, -0.2) is 4.79 Å². The second-order valence-electron chi connectivity index (χ2n) is 6.82. The predicted molar refractivity (Wildman–Crippen MR) is 109 cm³/mol. The second kappa shape index (κ2) is 7.17. The molecule has 0 saturated carbocycles. The number of likely N-dealkylation sites (N-methyl/N-ethyl adjacent to an activating group) is 1. The van der Waals surface area contributed by atoms with E-state index in [2.05, 4.69) is 22.1 Å². The fraction of sp³-hybridized carbons (Fsp3) is 0.368. The first-order valence-electron chi connectivity index (χ1n) is 8.48. The molecule has 3 aromatic rings. The number of aryl methyl sites for hydroxylation is 1. The van der Waals surface area contributed by atoms with Gasteiger partial charge in [0.2, 0.25) is 0 Å². The summed E-state index contributed by atoms with van der Waals surface area (Å²) in [6.07, 6.45) is 1.91. The van der Waals surface area contributed by atoms with Gasteiger partial charge in [-0.2, -0.15) is 12.6 Å². The Morgan fingerprint density at radius 3 is 2.31 bits per heavy atom. The van der Waals surface area contributed by atoms with Crippen LogP contribution in [0.2, 0.25) is 0 Å². The van der Waals surface area contributed by atoms with E-state index in [1.54, 1.807) is 7.05 Å². The summed E-state index contributed by atoms with van der Waals surface area (Å²) in [6.45, 7) is 0.776. The van der Waals surface area contributed by atoms with E-state index in [1.807, 2.05) is 50.6 Å². The molecule has 0 radical (unpaired) electrons. The second-order valence-corrected chi connectivity index (χ2v) is 7.18.